The first kappa shape index (κ1) is 45.1. The molecule has 0 spiro atoms. The SMILES string of the molecule is CC(C)(C)[Si](O[C@H]1[C@H](O[Si](c2ccccc2)(c2ccccc2)C(C)(C)C)C(COC(c2ccccc2)(c2ccccc2)c2ccccc2)O[C@@H]1C=O)(c1ccccc1)c1ccccc1. The highest BCUT2D eigenvalue weighted by Crippen LogP contribution is 2.46. The third-order valence-corrected chi connectivity index (χ3v) is 23.0. The van der Waals surface area contributed by atoms with Crippen LogP contribution in [0, 0.1) is 0 Å². The molecule has 4 atom stereocenters. The van der Waals surface area contributed by atoms with Gasteiger partial charge in [-0.05, 0) is 47.5 Å². The Kier molecular flexibility index (Phi) is 13.3. The molecule has 0 aromatic heterocycles. The summed E-state index contributed by atoms with van der Waals surface area (Å²) >= 11 is 0. The van der Waals surface area contributed by atoms with Crippen LogP contribution in [0.1, 0.15) is 58.2 Å². The number of aldehydes is 1. The molecule has 0 saturated carbocycles. The zero-order valence-electron chi connectivity index (χ0n) is 37.8. The second kappa shape index (κ2) is 18.9. The summed E-state index contributed by atoms with van der Waals surface area (Å²) in [5.74, 6) is 0. The van der Waals surface area contributed by atoms with Gasteiger partial charge in [-0.15, -0.1) is 0 Å². The Labute approximate surface area is 382 Å². The predicted octanol–water partition coefficient (Wildman–Crippen LogP) is 9.85. The van der Waals surface area contributed by atoms with Gasteiger partial charge in [0.25, 0.3) is 16.6 Å². The molecular formula is C57H60O5Si2. The molecule has 0 amide bonds. The summed E-state index contributed by atoms with van der Waals surface area (Å²) in [4.78, 5) is 13.8. The molecule has 64 heavy (non-hydrogen) atoms. The molecule has 0 aliphatic carbocycles. The number of benzene rings is 7. The van der Waals surface area contributed by atoms with E-state index < -0.39 is 46.7 Å². The van der Waals surface area contributed by atoms with Gasteiger partial charge in [-0.25, -0.2) is 0 Å². The minimum atomic E-state index is -3.30. The average Bonchev–Trinajstić information content (AvgIpc) is 3.66. The molecule has 0 N–H and O–H groups in total. The number of rotatable bonds is 15. The van der Waals surface area contributed by atoms with Gasteiger partial charge < -0.3 is 23.1 Å². The van der Waals surface area contributed by atoms with Gasteiger partial charge in [-0.2, -0.15) is 0 Å². The van der Waals surface area contributed by atoms with Crippen LogP contribution in [0.4, 0.5) is 0 Å². The van der Waals surface area contributed by atoms with E-state index in [0.29, 0.717) is 0 Å². The number of carbonyl (C=O) groups excluding carboxylic acids is 1. The van der Waals surface area contributed by atoms with E-state index in [1.807, 2.05) is 30.3 Å². The second-order valence-electron chi connectivity index (χ2n) is 18.9. The smallest absolute Gasteiger partial charge is 0.261 e. The van der Waals surface area contributed by atoms with E-state index in [0.717, 1.165) is 43.7 Å². The molecule has 7 heteroatoms. The van der Waals surface area contributed by atoms with Crippen molar-refractivity contribution in [2.75, 3.05) is 6.61 Å². The molecule has 7 aromatic carbocycles. The average molecular weight is 881 g/mol. The molecule has 0 radical (unpaired) electrons. The standard InChI is InChI=1S/C57H60O5Si2/c1-55(2,3)63(47-34-20-10-21-35-47,48-36-22-11-23-37-48)61-53-51(42-58)60-52(54(53)62-64(56(4,5)6,49-38-24-12-25-39-49)50-40-26-13-27-41-50)43-59-57(44-28-14-7-15-29-44,45-30-16-8-17-31-45)46-32-18-9-19-33-46/h7-42,51-54H,43H2,1-6H3/t51-,52?,53-,54-/m1/s1. The Bertz CT molecular complexity index is 2350. The van der Waals surface area contributed by atoms with Crippen LogP contribution in [-0.2, 0) is 28.7 Å². The summed E-state index contributed by atoms with van der Waals surface area (Å²) in [6.45, 7) is 13.7. The van der Waals surface area contributed by atoms with Gasteiger partial charge in [-0.1, -0.05) is 254 Å². The van der Waals surface area contributed by atoms with Crippen LogP contribution >= 0.6 is 0 Å². The lowest BCUT2D eigenvalue weighted by Crippen LogP contribution is -2.72. The Morgan fingerprint density at radius 2 is 0.719 bits per heavy atom. The van der Waals surface area contributed by atoms with Gasteiger partial charge in [0.05, 0.1) is 6.61 Å². The van der Waals surface area contributed by atoms with Gasteiger partial charge in [0.1, 0.15) is 30.0 Å². The van der Waals surface area contributed by atoms with Crippen LogP contribution in [-0.4, -0.2) is 53.9 Å². The summed E-state index contributed by atoms with van der Waals surface area (Å²) < 4.78 is 30.9. The van der Waals surface area contributed by atoms with E-state index in [1.54, 1.807) is 0 Å². The van der Waals surface area contributed by atoms with E-state index >= 15 is 0 Å². The fraction of sp³-hybridized carbons (Fsp3) is 0.246. The lowest BCUT2D eigenvalue weighted by molar-refractivity contribution is -0.123. The first-order valence-corrected chi connectivity index (χ1v) is 26.3. The van der Waals surface area contributed by atoms with Gasteiger partial charge in [0, 0.05) is 0 Å². The molecule has 8 rings (SSSR count). The maximum absolute atomic E-state index is 13.8. The third-order valence-electron chi connectivity index (χ3n) is 12.9. The third kappa shape index (κ3) is 8.33. The molecule has 1 fully saturated rings. The van der Waals surface area contributed by atoms with Gasteiger partial charge in [0.2, 0.25) is 0 Å². The number of carbonyl (C=O) groups is 1. The maximum Gasteiger partial charge on any atom is 0.261 e. The fourth-order valence-electron chi connectivity index (χ4n) is 10.0. The summed E-state index contributed by atoms with van der Waals surface area (Å²) in [5, 5.41) is 3.70. The van der Waals surface area contributed by atoms with Gasteiger partial charge in [0.15, 0.2) is 6.29 Å². The fourth-order valence-corrected chi connectivity index (χ4v) is 19.4. The molecule has 0 bridgehead atoms. The van der Waals surface area contributed by atoms with Crippen molar-refractivity contribution in [3.05, 3.63) is 229 Å². The Balaban J connectivity index is 1.36. The minimum Gasteiger partial charge on any atom is -0.399 e. The summed E-state index contributed by atoms with van der Waals surface area (Å²) in [6.07, 6.45) is -2.32. The quantitative estimate of drug-likeness (QED) is 0.0584. The highest BCUT2D eigenvalue weighted by molar-refractivity contribution is 7.00. The lowest BCUT2D eigenvalue weighted by atomic mass is 9.80. The molecule has 1 aliphatic rings. The number of hydrogen-bond acceptors (Lipinski definition) is 5. The summed E-state index contributed by atoms with van der Waals surface area (Å²) in [5.41, 5.74) is 1.88. The van der Waals surface area contributed by atoms with Crippen LogP contribution in [0.25, 0.3) is 0 Å². The van der Waals surface area contributed by atoms with Crippen LogP contribution in [0.2, 0.25) is 10.1 Å². The topological polar surface area (TPSA) is 54.0 Å². The van der Waals surface area contributed by atoms with Gasteiger partial charge in [-0.3, -0.25) is 0 Å². The molecule has 1 unspecified atom stereocenters. The van der Waals surface area contributed by atoms with E-state index in [9.17, 15) is 4.79 Å². The predicted molar refractivity (Wildman–Crippen MR) is 265 cm³/mol. The maximum atomic E-state index is 13.8. The number of hydrogen-bond donors (Lipinski definition) is 0. The van der Waals surface area contributed by atoms with Crippen molar-refractivity contribution in [3.63, 3.8) is 0 Å². The Morgan fingerprint density at radius 3 is 1.00 bits per heavy atom. The van der Waals surface area contributed by atoms with Crippen LogP contribution in [0.15, 0.2) is 212 Å². The minimum absolute atomic E-state index is 0.0898. The summed E-state index contributed by atoms with van der Waals surface area (Å²) in [6, 6.07) is 73.6. The van der Waals surface area contributed by atoms with Crippen LogP contribution in [0.5, 0.6) is 0 Å². The normalized spacial score (nSPS) is 18.4. The van der Waals surface area contributed by atoms with E-state index in [4.69, 9.17) is 18.3 Å². The Morgan fingerprint density at radius 1 is 0.438 bits per heavy atom. The molecule has 1 heterocycles. The zero-order valence-corrected chi connectivity index (χ0v) is 39.8. The largest absolute Gasteiger partial charge is 0.399 e. The van der Waals surface area contributed by atoms with E-state index in [2.05, 4.69) is 224 Å². The van der Waals surface area contributed by atoms with Crippen molar-refractivity contribution in [2.45, 2.75) is 81.6 Å². The van der Waals surface area contributed by atoms with Gasteiger partial charge >= 0.3 is 0 Å². The molecule has 326 valence electrons. The Hall–Kier alpha value is -5.52. The summed E-state index contributed by atoms with van der Waals surface area (Å²) in [7, 11) is -6.59. The molecule has 5 nitrogen and oxygen atoms in total. The van der Waals surface area contributed by atoms with E-state index in [-0.39, 0.29) is 16.7 Å². The second-order valence-corrected chi connectivity index (χ2v) is 27.4. The van der Waals surface area contributed by atoms with Crippen LogP contribution in [0.3, 0.4) is 0 Å². The first-order chi connectivity index (χ1) is 31.0. The van der Waals surface area contributed by atoms with E-state index in [1.165, 1.54) is 0 Å². The van der Waals surface area contributed by atoms with Crippen molar-refractivity contribution in [1.29, 1.82) is 0 Å². The lowest BCUT2D eigenvalue weighted by Gasteiger charge is -2.49. The van der Waals surface area contributed by atoms with Crippen LogP contribution < -0.4 is 20.7 Å². The molecule has 7 aromatic rings. The zero-order chi connectivity index (χ0) is 44.8. The number of ether oxygens (including phenoxy) is 2. The van der Waals surface area contributed by atoms with Crippen molar-refractivity contribution < 1.29 is 23.1 Å². The highest BCUT2D eigenvalue weighted by atomic mass is 28.4. The van der Waals surface area contributed by atoms with Crippen molar-refractivity contribution in [2.24, 2.45) is 0 Å². The molecular weight excluding hydrogens is 821 g/mol. The highest BCUT2D eigenvalue weighted by Gasteiger charge is 2.60. The first-order valence-electron chi connectivity index (χ1n) is 22.4. The monoisotopic (exact) mass is 880 g/mol. The van der Waals surface area contributed by atoms with Crippen molar-refractivity contribution in [1.82, 2.24) is 0 Å². The molecule has 1 aliphatic heterocycles. The van der Waals surface area contributed by atoms with Crippen molar-refractivity contribution in [3.8, 4) is 0 Å². The molecule has 1 saturated heterocycles. The van der Waals surface area contributed by atoms with Crippen molar-refractivity contribution >= 4 is 43.7 Å².